The third-order valence-corrected chi connectivity index (χ3v) is 9.49. The van der Waals surface area contributed by atoms with Crippen molar-refractivity contribution in [2.45, 2.75) is 47.1 Å². The summed E-state index contributed by atoms with van der Waals surface area (Å²) in [6, 6.07) is 13.1. The smallest absolute Gasteiger partial charge is 0.243 e. The lowest BCUT2D eigenvalue weighted by Crippen LogP contribution is -2.41. The molecule has 1 aliphatic carbocycles. The molecule has 0 saturated carbocycles. The van der Waals surface area contributed by atoms with E-state index in [1.807, 2.05) is 48.0 Å². The van der Waals surface area contributed by atoms with Crippen LogP contribution in [0.15, 0.2) is 63.7 Å². The predicted octanol–water partition coefficient (Wildman–Crippen LogP) is 3.49. The normalized spacial score (nSPS) is 17.0. The molecule has 1 N–H and O–H groups in total. The van der Waals surface area contributed by atoms with E-state index in [1.165, 1.54) is 21.6 Å². The van der Waals surface area contributed by atoms with Gasteiger partial charge in [-0.1, -0.05) is 6.07 Å². The molecule has 1 amide bonds. The van der Waals surface area contributed by atoms with Gasteiger partial charge in [0.1, 0.15) is 6.33 Å². The van der Waals surface area contributed by atoms with Gasteiger partial charge in [-0.15, -0.1) is 10.2 Å². The third kappa shape index (κ3) is 4.75. The van der Waals surface area contributed by atoms with E-state index in [0.717, 1.165) is 40.6 Å². The SMILES string of the molecule is Cn1cnnc1Sc1ccc(NC(=O)C2CCN(S(=O)(=O)c3ccc4c(c3)CCC4)CC2)cc1. The quantitative estimate of drug-likeness (QED) is 0.560. The number of sulfonamides is 1. The molecule has 1 aliphatic heterocycles. The lowest BCUT2D eigenvalue weighted by atomic mass is 9.97. The average Bonchev–Trinajstić information content (AvgIpc) is 3.48. The molecule has 1 saturated heterocycles. The van der Waals surface area contributed by atoms with Crippen molar-refractivity contribution in [3.8, 4) is 0 Å². The molecule has 3 aromatic rings. The van der Waals surface area contributed by atoms with Crippen molar-refractivity contribution < 1.29 is 13.2 Å². The molecule has 0 radical (unpaired) electrons. The van der Waals surface area contributed by atoms with Gasteiger partial charge in [0.05, 0.1) is 4.90 Å². The van der Waals surface area contributed by atoms with Crippen molar-refractivity contribution >= 4 is 33.4 Å². The zero-order valence-electron chi connectivity index (χ0n) is 19.0. The Morgan fingerprint density at radius 1 is 1.06 bits per heavy atom. The minimum absolute atomic E-state index is 0.0664. The second kappa shape index (κ2) is 9.52. The average molecular weight is 498 g/mol. The molecular weight excluding hydrogens is 470 g/mol. The third-order valence-electron chi connectivity index (χ3n) is 6.53. The summed E-state index contributed by atoms with van der Waals surface area (Å²) >= 11 is 1.50. The number of fused-ring (bicyclic) bond motifs is 1. The van der Waals surface area contributed by atoms with Gasteiger partial charge in [-0.3, -0.25) is 4.79 Å². The molecule has 0 spiro atoms. The Bertz CT molecular complexity index is 1300. The molecule has 8 nitrogen and oxygen atoms in total. The number of amides is 1. The van der Waals surface area contributed by atoms with Crippen molar-refractivity contribution in [3.63, 3.8) is 0 Å². The Kier molecular flexibility index (Phi) is 6.46. The number of carbonyl (C=O) groups excluding carboxylic acids is 1. The number of piperidine rings is 1. The molecule has 178 valence electrons. The van der Waals surface area contributed by atoms with E-state index in [9.17, 15) is 13.2 Å². The highest BCUT2D eigenvalue weighted by atomic mass is 32.2. The molecule has 2 aliphatic rings. The van der Waals surface area contributed by atoms with E-state index in [4.69, 9.17) is 0 Å². The maximum Gasteiger partial charge on any atom is 0.243 e. The van der Waals surface area contributed by atoms with E-state index in [2.05, 4.69) is 15.5 Å². The number of anilines is 1. The number of aryl methyl sites for hydroxylation is 3. The maximum atomic E-state index is 13.1. The van der Waals surface area contributed by atoms with Gasteiger partial charge in [0.25, 0.3) is 0 Å². The Balaban J connectivity index is 1.16. The van der Waals surface area contributed by atoms with Crippen LogP contribution in [0.4, 0.5) is 5.69 Å². The lowest BCUT2D eigenvalue weighted by Gasteiger charge is -2.30. The Labute approximate surface area is 203 Å². The number of hydrogen-bond acceptors (Lipinski definition) is 6. The van der Waals surface area contributed by atoms with Crippen molar-refractivity contribution in [1.29, 1.82) is 0 Å². The summed E-state index contributed by atoms with van der Waals surface area (Å²) in [7, 11) is -1.64. The van der Waals surface area contributed by atoms with E-state index >= 15 is 0 Å². The van der Waals surface area contributed by atoms with Crippen LogP contribution in [0, 0.1) is 5.92 Å². The minimum atomic E-state index is -3.53. The molecule has 2 heterocycles. The Morgan fingerprint density at radius 3 is 2.50 bits per heavy atom. The first-order valence-electron chi connectivity index (χ1n) is 11.4. The van der Waals surface area contributed by atoms with Gasteiger partial charge in [-0.05, 0) is 91.4 Å². The van der Waals surface area contributed by atoms with Gasteiger partial charge in [0, 0.05) is 36.6 Å². The van der Waals surface area contributed by atoms with E-state index in [-0.39, 0.29) is 11.8 Å². The molecule has 0 bridgehead atoms. The number of hydrogen-bond donors (Lipinski definition) is 1. The molecule has 0 unspecified atom stereocenters. The molecule has 2 aromatic carbocycles. The first-order valence-corrected chi connectivity index (χ1v) is 13.7. The number of carbonyl (C=O) groups is 1. The van der Waals surface area contributed by atoms with Crippen LogP contribution >= 0.6 is 11.8 Å². The molecule has 0 atom stereocenters. The Hall–Kier alpha value is -2.69. The monoisotopic (exact) mass is 497 g/mol. The van der Waals surface area contributed by atoms with Gasteiger partial charge >= 0.3 is 0 Å². The molecule has 1 fully saturated rings. The van der Waals surface area contributed by atoms with Crippen LogP contribution in [0.5, 0.6) is 0 Å². The largest absolute Gasteiger partial charge is 0.326 e. The van der Waals surface area contributed by atoms with Crippen LogP contribution in [0.1, 0.15) is 30.4 Å². The van der Waals surface area contributed by atoms with Gasteiger partial charge < -0.3 is 9.88 Å². The summed E-state index contributed by atoms with van der Waals surface area (Å²) in [6.07, 6.45) is 5.73. The highest BCUT2D eigenvalue weighted by Gasteiger charge is 2.32. The number of nitrogens with zero attached hydrogens (tertiary/aromatic N) is 4. The number of aromatic nitrogens is 3. The van der Waals surface area contributed by atoms with Crippen molar-refractivity contribution in [2.75, 3.05) is 18.4 Å². The van der Waals surface area contributed by atoms with Gasteiger partial charge in [-0.25, -0.2) is 8.42 Å². The lowest BCUT2D eigenvalue weighted by molar-refractivity contribution is -0.120. The van der Waals surface area contributed by atoms with Crippen LogP contribution in [0.3, 0.4) is 0 Å². The van der Waals surface area contributed by atoms with Crippen molar-refractivity contribution in [3.05, 3.63) is 59.9 Å². The van der Waals surface area contributed by atoms with Gasteiger partial charge in [0.15, 0.2) is 5.16 Å². The van der Waals surface area contributed by atoms with Gasteiger partial charge in [0.2, 0.25) is 15.9 Å². The second-order valence-corrected chi connectivity index (χ2v) is 11.8. The van der Waals surface area contributed by atoms with Crippen LogP contribution in [-0.2, 0) is 34.7 Å². The standard InChI is InChI=1S/C24H27N5O3S2/c1-28-16-25-27-24(28)33-21-8-6-20(7-9-21)26-23(30)18-11-13-29(14-12-18)34(31,32)22-10-5-17-3-2-4-19(17)15-22/h5-10,15-16,18H,2-4,11-14H2,1H3,(H,26,30). The summed E-state index contributed by atoms with van der Waals surface area (Å²) < 4.78 is 29.6. The highest BCUT2D eigenvalue weighted by Crippen LogP contribution is 2.30. The van der Waals surface area contributed by atoms with Crippen LogP contribution in [0.25, 0.3) is 0 Å². The first-order chi connectivity index (χ1) is 16.4. The highest BCUT2D eigenvalue weighted by molar-refractivity contribution is 7.99. The zero-order chi connectivity index (χ0) is 23.7. The molecule has 1 aromatic heterocycles. The van der Waals surface area contributed by atoms with Crippen molar-refractivity contribution in [1.82, 2.24) is 19.1 Å². The van der Waals surface area contributed by atoms with Crippen molar-refractivity contribution in [2.24, 2.45) is 13.0 Å². The summed E-state index contributed by atoms with van der Waals surface area (Å²) in [5, 5.41) is 11.7. The van der Waals surface area contributed by atoms with Crippen LogP contribution in [-0.4, -0.2) is 46.5 Å². The minimum Gasteiger partial charge on any atom is -0.326 e. The van der Waals surface area contributed by atoms with E-state index < -0.39 is 10.0 Å². The van der Waals surface area contributed by atoms with E-state index in [1.54, 1.807) is 12.4 Å². The van der Waals surface area contributed by atoms with Crippen LogP contribution < -0.4 is 5.32 Å². The molecule has 10 heteroatoms. The number of rotatable bonds is 6. The zero-order valence-corrected chi connectivity index (χ0v) is 20.6. The number of benzene rings is 2. The number of nitrogens with one attached hydrogen (secondary N) is 1. The van der Waals surface area contributed by atoms with Crippen LogP contribution in [0.2, 0.25) is 0 Å². The summed E-state index contributed by atoms with van der Waals surface area (Å²) in [4.78, 5) is 14.2. The van der Waals surface area contributed by atoms with Gasteiger partial charge in [-0.2, -0.15) is 4.31 Å². The van der Waals surface area contributed by atoms with E-state index in [0.29, 0.717) is 30.8 Å². The predicted molar refractivity (Wildman–Crippen MR) is 130 cm³/mol. The first kappa shape index (κ1) is 23.1. The fraction of sp³-hybridized carbons (Fsp3) is 0.375. The fourth-order valence-corrected chi connectivity index (χ4v) is 6.82. The summed E-state index contributed by atoms with van der Waals surface area (Å²) in [6.45, 7) is 0.704. The maximum absolute atomic E-state index is 13.1. The summed E-state index contributed by atoms with van der Waals surface area (Å²) in [5.74, 6) is -0.276. The molecule has 5 rings (SSSR count). The topological polar surface area (TPSA) is 97.2 Å². The Morgan fingerprint density at radius 2 is 1.79 bits per heavy atom. The second-order valence-electron chi connectivity index (χ2n) is 8.80. The fourth-order valence-electron chi connectivity index (χ4n) is 4.54. The molecular formula is C24H27N5O3S2. The summed E-state index contributed by atoms with van der Waals surface area (Å²) in [5.41, 5.74) is 3.13. The molecule has 34 heavy (non-hydrogen) atoms.